The largest absolute Gasteiger partial charge is 0.443 e. The molecule has 1 rings (SSSR count). The van der Waals surface area contributed by atoms with Crippen LogP contribution in [0, 0.1) is 0 Å². The third kappa shape index (κ3) is 7.05. The Balaban J connectivity index is 2.57. The summed E-state index contributed by atoms with van der Waals surface area (Å²) < 4.78 is 7.08. The highest BCUT2D eigenvalue weighted by molar-refractivity contribution is 8.75. The predicted molar refractivity (Wildman–Crippen MR) is 85.5 cm³/mol. The number of hydrogen-bond acceptors (Lipinski definition) is 5. The van der Waals surface area contributed by atoms with Gasteiger partial charge in [-0.05, 0) is 50.1 Å². The van der Waals surface area contributed by atoms with E-state index >= 15 is 0 Å². The fourth-order valence-electron chi connectivity index (χ4n) is 1.25. The number of ether oxygens (including phenoxy) is 1. The lowest BCUT2D eigenvalue weighted by Crippen LogP contribution is -2.32. The van der Waals surface area contributed by atoms with Crippen molar-refractivity contribution in [3.63, 3.8) is 0 Å². The lowest BCUT2D eigenvalue weighted by Gasteiger charge is -2.25. The summed E-state index contributed by atoms with van der Waals surface area (Å²) in [6.07, 6.45) is 3.44. The maximum Gasteiger partial charge on any atom is 0.421 e. The second kappa shape index (κ2) is 8.42. The highest BCUT2D eigenvalue weighted by Gasteiger charge is 2.22. The zero-order chi connectivity index (χ0) is 15.0. The molecule has 0 radical (unpaired) electrons. The Morgan fingerprint density at radius 1 is 1.40 bits per heavy atom. The van der Waals surface area contributed by atoms with Crippen molar-refractivity contribution < 1.29 is 9.53 Å². The molecular formula is C14H22N2O2S2. The van der Waals surface area contributed by atoms with Crippen LogP contribution in [0.5, 0.6) is 0 Å². The van der Waals surface area contributed by atoms with Crippen LogP contribution in [-0.2, 0) is 4.74 Å². The van der Waals surface area contributed by atoms with Gasteiger partial charge in [-0.1, -0.05) is 19.4 Å². The lowest BCUT2D eigenvalue weighted by molar-refractivity contribution is 0.0406. The number of pyridine rings is 1. The summed E-state index contributed by atoms with van der Waals surface area (Å²) in [5.74, 6) is 0. The Morgan fingerprint density at radius 3 is 2.70 bits per heavy atom. The van der Waals surface area contributed by atoms with Crippen LogP contribution in [0.4, 0.5) is 4.79 Å². The van der Waals surface area contributed by atoms with Gasteiger partial charge < -0.3 is 4.74 Å². The zero-order valence-electron chi connectivity index (χ0n) is 12.5. The number of aromatic nitrogens is 1. The van der Waals surface area contributed by atoms with E-state index in [0.717, 1.165) is 17.9 Å². The van der Waals surface area contributed by atoms with Gasteiger partial charge in [-0.15, -0.1) is 0 Å². The molecule has 1 amide bonds. The maximum atomic E-state index is 12.1. The van der Waals surface area contributed by atoms with Crippen molar-refractivity contribution in [2.75, 3.05) is 6.54 Å². The number of carbonyl (C=O) groups is 1. The average Bonchev–Trinajstić information content (AvgIpc) is 2.38. The smallest absolute Gasteiger partial charge is 0.421 e. The van der Waals surface area contributed by atoms with E-state index in [9.17, 15) is 4.79 Å². The first-order chi connectivity index (χ1) is 9.42. The van der Waals surface area contributed by atoms with E-state index in [2.05, 4.69) is 11.9 Å². The van der Waals surface area contributed by atoms with Crippen LogP contribution in [0.25, 0.3) is 0 Å². The van der Waals surface area contributed by atoms with E-state index in [-0.39, 0.29) is 6.09 Å². The predicted octanol–water partition coefficient (Wildman–Crippen LogP) is 4.77. The molecule has 0 aliphatic rings. The average molecular weight is 314 g/mol. The second-order valence-corrected chi connectivity index (χ2v) is 7.38. The maximum absolute atomic E-state index is 12.1. The van der Waals surface area contributed by atoms with Crippen molar-refractivity contribution in [2.45, 2.75) is 51.2 Å². The first-order valence-electron chi connectivity index (χ1n) is 6.68. The summed E-state index contributed by atoms with van der Waals surface area (Å²) in [5.41, 5.74) is -0.474. The number of nitrogens with zero attached hydrogens (tertiary/aromatic N) is 2. The molecule has 0 saturated carbocycles. The van der Waals surface area contributed by atoms with E-state index in [0.29, 0.717) is 6.54 Å². The van der Waals surface area contributed by atoms with E-state index in [1.54, 1.807) is 10.5 Å². The molecule has 0 fully saturated rings. The molecule has 4 nitrogen and oxygen atoms in total. The van der Waals surface area contributed by atoms with Gasteiger partial charge in [-0.25, -0.2) is 14.1 Å². The molecule has 0 aromatic carbocycles. The minimum Gasteiger partial charge on any atom is -0.443 e. The van der Waals surface area contributed by atoms with Gasteiger partial charge in [-0.3, -0.25) is 0 Å². The third-order valence-corrected chi connectivity index (χ3v) is 4.44. The van der Waals surface area contributed by atoms with E-state index in [1.807, 2.05) is 39.0 Å². The molecule has 0 unspecified atom stereocenters. The van der Waals surface area contributed by atoms with E-state index < -0.39 is 5.60 Å². The molecule has 112 valence electrons. The second-order valence-electron chi connectivity index (χ2n) is 5.26. The van der Waals surface area contributed by atoms with Gasteiger partial charge in [0.15, 0.2) is 0 Å². The van der Waals surface area contributed by atoms with Crippen molar-refractivity contribution in [1.29, 1.82) is 0 Å². The quantitative estimate of drug-likeness (QED) is 0.558. The van der Waals surface area contributed by atoms with Gasteiger partial charge in [0.25, 0.3) is 0 Å². The summed E-state index contributed by atoms with van der Waals surface area (Å²) in [6, 6.07) is 5.72. The summed E-state index contributed by atoms with van der Waals surface area (Å²) in [6.45, 7) is 8.40. The van der Waals surface area contributed by atoms with Crippen LogP contribution in [0.3, 0.4) is 0 Å². The van der Waals surface area contributed by atoms with Crippen molar-refractivity contribution in [3.8, 4) is 0 Å². The summed E-state index contributed by atoms with van der Waals surface area (Å²) in [4.78, 5) is 16.4. The molecule has 0 aliphatic carbocycles. The van der Waals surface area contributed by atoms with Gasteiger partial charge in [0, 0.05) is 23.7 Å². The first kappa shape index (κ1) is 17.2. The van der Waals surface area contributed by atoms with Gasteiger partial charge >= 0.3 is 6.09 Å². The first-order valence-corrected chi connectivity index (χ1v) is 8.79. The van der Waals surface area contributed by atoms with Crippen LogP contribution in [0.1, 0.15) is 40.5 Å². The molecule has 0 atom stereocenters. The molecule has 1 aromatic heterocycles. The van der Waals surface area contributed by atoms with Crippen molar-refractivity contribution in [2.24, 2.45) is 0 Å². The van der Waals surface area contributed by atoms with Gasteiger partial charge in [0.2, 0.25) is 0 Å². The fraction of sp³-hybridized carbons (Fsp3) is 0.571. The topological polar surface area (TPSA) is 42.4 Å². The lowest BCUT2D eigenvalue weighted by atomic mass is 10.2. The molecule has 1 aromatic rings. The highest BCUT2D eigenvalue weighted by atomic mass is 33.1. The molecule has 0 N–H and O–H groups in total. The van der Waals surface area contributed by atoms with Crippen LogP contribution in [-0.4, -0.2) is 27.5 Å². The minimum absolute atomic E-state index is 0.292. The Kier molecular flexibility index (Phi) is 7.23. The Bertz CT molecular complexity index is 407. The highest BCUT2D eigenvalue weighted by Crippen LogP contribution is 2.33. The van der Waals surface area contributed by atoms with Gasteiger partial charge in [-0.2, -0.15) is 0 Å². The molecule has 20 heavy (non-hydrogen) atoms. The monoisotopic (exact) mass is 314 g/mol. The fourth-order valence-corrected chi connectivity index (χ4v) is 3.16. The summed E-state index contributed by atoms with van der Waals surface area (Å²) in [5, 5.41) is 0.877. The van der Waals surface area contributed by atoms with Crippen molar-refractivity contribution in [1.82, 2.24) is 9.29 Å². The zero-order valence-corrected chi connectivity index (χ0v) is 14.1. The third-order valence-electron chi connectivity index (χ3n) is 2.16. The van der Waals surface area contributed by atoms with E-state index in [1.165, 1.54) is 21.8 Å². The summed E-state index contributed by atoms with van der Waals surface area (Å²) >= 11 is 0. The Labute approximate surface area is 129 Å². The van der Waals surface area contributed by atoms with Gasteiger partial charge in [0.05, 0.1) is 0 Å². The Hall–Kier alpha value is -0.880. The van der Waals surface area contributed by atoms with Crippen LogP contribution in [0.2, 0.25) is 0 Å². The Morgan fingerprint density at radius 2 is 2.15 bits per heavy atom. The number of rotatable bonds is 6. The molecule has 0 bridgehead atoms. The van der Waals surface area contributed by atoms with Crippen LogP contribution in [0.15, 0.2) is 29.4 Å². The van der Waals surface area contributed by atoms with Crippen LogP contribution < -0.4 is 0 Å². The van der Waals surface area contributed by atoms with Crippen molar-refractivity contribution in [3.05, 3.63) is 24.4 Å². The molecule has 0 saturated heterocycles. The molecule has 6 heteroatoms. The normalized spacial score (nSPS) is 11.2. The molecule has 0 aliphatic heterocycles. The van der Waals surface area contributed by atoms with Gasteiger partial charge in [0.1, 0.15) is 10.6 Å². The summed E-state index contributed by atoms with van der Waals surface area (Å²) in [7, 11) is 2.84. The number of amides is 1. The van der Waals surface area contributed by atoms with Crippen LogP contribution >= 0.6 is 21.8 Å². The number of carbonyl (C=O) groups excluding carboxylic acids is 1. The van der Waals surface area contributed by atoms with E-state index in [4.69, 9.17) is 4.74 Å². The molecular weight excluding hydrogens is 292 g/mol. The molecule has 1 heterocycles. The minimum atomic E-state index is -0.474. The number of unbranched alkanes of at least 4 members (excludes halogenated alkanes) is 1. The standard InChI is InChI=1S/C14H22N2O2S2/c1-5-6-11-16(13(17)18-14(2,3)4)20-19-12-9-7-8-10-15-12/h7-10H,5-6,11H2,1-4H3. The SMILES string of the molecule is CCCCN(SSc1ccccn1)C(=O)OC(C)(C)C. The number of hydrogen-bond donors (Lipinski definition) is 0. The van der Waals surface area contributed by atoms with Crippen molar-refractivity contribution >= 4 is 27.9 Å². The molecule has 0 spiro atoms.